The largest absolute Gasteiger partial charge is 0.489 e. The Balaban J connectivity index is 1.56. The fraction of sp³-hybridized carbons (Fsp3) is 0.478. The maximum absolute atomic E-state index is 11.2. The van der Waals surface area contributed by atoms with Gasteiger partial charge in [0.25, 0.3) is 0 Å². The lowest BCUT2D eigenvalue weighted by Crippen LogP contribution is -2.25. The van der Waals surface area contributed by atoms with Gasteiger partial charge in [0.1, 0.15) is 11.9 Å². The molecule has 0 saturated carbocycles. The molecular formula is C23H31N3O3. The van der Waals surface area contributed by atoms with Gasteiger partial charge in [0.05, 0.1) is 30.6 Å². The summed E-state index contributed by atoms with van der Waals surface area (Å²) in [5, 5.41) is 2.89. The van der Waals surface area contributed by atoms with Crippen molar-refractivity contribution < 1.29 is 14.3 Å². The molecule has 1 N–H and O–H groups in total. The number of aromatic nitrogens is 1. The SMILES string of the molecule is CCCOc1ccc(N2CCC(Oc3ccc([C@H](C)NC(C)=O)cc3)C2)c(C)n1. The van der Waals surface area contributed by atoms with Crippen molar-refractivity contribution in [3.05, 3.63) is 47.7 Å². The number of hydrogen-bond donors (Lipinski definition) is 1. The summed E-state index contributed by atoms with van der Waals surface area (Å²) in [7, 11) is 0. The van der Waals surface area contributed by atoms with E-state index in [0.717, 1.165) is 48.6 Å². The summed E-state index contributed by atoms with van der Waals surface area (Å²) in [6, 6.07) is 12.0. The van der Waals surface area contributed by atoms with E-state index in [1.165, 1.54) is 6.92 Å². The van der Waals surface area contributed by atoms with Crippen LogP contribution in [0.4, 0.5) is 5.69 Å². The van der Waals surface area contributed by atoms with E-state index < -0.39 is 0 Å². The molecule has 1 aromatic carbocycles. The molecule has 1 aliphatic heterocycles. The van der Waals surface area contributed by atoms with Crippen LogP contribution in [0, 0.1) is 6.92 Å². The molecule has 29 heavy (non-hydrogen) atoms. The van der Waals surface area contributed by atoms with Crippen molar-refractivity contribution in [2.45, 2.75) is 52.7 Å². The van der Waals surface area contributed by atoms with Crippen LogP contribution >= 0.6 is 0 Å². The molecule has 6 heteroatoms. The lowest BCUT2D eigenvalue weighted by molar-refractivity contribution is -0.119. The van der Waals surface area contributed by atoms with Gasteiger partial charge in [-0.3, -0.25) is 4.79 Å². The van der Waals surface area contributed by atoms with Crippen LogP contribution in [0.3, 0.4) is 0 Å². The molecule has 1 fully saturated rings. The third-order valence-electron chi connectivity index (χ3n) is 5.07. The topological polar surface area (TPSA) is 63.7 Å². The van der Waals surface area contributed by atoms with Crippen LogP contribution in [0.2, 0.25) is 0 Å². The smallest absolute Gasteiger partial charge is 0.217 e. The molecule has 1 amide bonds. The molecule has 0 bridgehead atoms. The van der Waals surface area contributed by atoms with Crippen molar-refractivity contribution in [3.63, 3.8) is 0 Å². The van der Waals surface area contributed by atoms with Crippen LogP contribution in [-0.4, -0.2) is 36.7 Å². The summed E-state index contributed by atoms with van der Waals surface area (Å²) in [6.45, 7) is 10.1. The number of anilines is 1. The fourth-order valence-electron chi connectivity index (χ4n) is 3.61. The first-order chi connectivity index (χ1) is 14.0. The van der Waals surface area contributed by atoms with Gasteiger partial charge < -0.3 is 19.7 Å². The normalized spacial score (nSPS) is 17.1. The Bertz CT molecular complexity index is 823. The monoisotopic (exact) mass is 397 g/mol. The number of rotatable bonds is 8. The first-order valence-electron chi connectivity index (χ1n) is 10.4. The Morgan fingerprint density at radius 3 is 2.69 bits per heavy atom. The van der Waals surface area contributed by atoms with E-state index in [1.54, 1.807) is 0 Å². The minimum atomic E-state index is -0.0291. The highest BCUT2D eigenvalue weighted by atomic mass is 16.5. The first-order valence-corrected chi connectivity index (χ1v) is 10.4. The molecule has 1 aromatic heterocycles. The minimum absolute atomic E-state index is 0.0109. The molecule has 2 heterocycles. The summed E-state index contributed by atoms with van der Waals surface area (Å²) >= 11 is 0. The van der Waals surface area contributed by atoms with Crippen molar-refractivity contribution in [1.29, 1.82) is 0 Å². The molecule has 0 radical (unpaired) electrons. The predicted octanol–water partition coefficient (Wildman–Crippen LogP) is 4.03. The van der Waals surface area contributed by atoms with Gasteiger partial charge in [-0.25, -0.2) is 4.98 Å². The highest BCUT2D eigenvalue weighted by Crippen LogP contribution is 2.27. The zero-order chi connectivity index (χ0) is 20.8. The van der Waals surface area contributed by atoms with E-state index in [2.05, 4.69) is 28.2 Å². The summed E-state index contributed by atoms with van der Waals surface area (Å²) in [5.41, 5.74) is 3.18. The van der Waals surface area contributed by atoms with E-state index in [0.29, 0.717) is 12.5 Å². The van der Waals surface area contributed by atoms with Crippen molar-refractivity contribution in [1.82, 2.24) is 10.3 Å². The Labute approximate surface area is 173 Å². The van der Waals surface area contributed by atoms with Crippen LogP contribution in [0.1, 0.15) is 50.9 Å². The molecule has 2 aromatic rings. The molecule has 1 aliphatic rings. The number of carbonyl (C=O) groups excluding carboxylic acids is 1. The second-order valence-corrected chi connectivity index (χ2v) is 7.57. The molecular weight excluding hydrogens is 366 g/mol. The van der Waals surface area contributed by atoms with E-state index in [-0.39, 0.29) is 18.1 Å². The number of pyridine rings is 1. The Kier molecular flexibility index (Phi) is 6.96. The van der Waals surface area contributed by atoms with Crippen LogP contribution < -0.4 is 19.7 Å². The Hall–Kier alpha value is -2.76. The summed E-state index contributed by atoms with van der Waals surface area (Å²) in [4.78, 5) is 18.1. The number of aryl methyl sites for hydroxylation is 1. The lowest BCUT2D eigenvalue weighted by Gasteiger charge is -2.21. The van der Waals surface area contributed by atoms with Gasteiger partial charge in [0.15, 0.2) is 0 Å². The molecule has 1 saturated heterocycles. The lowest BCUT2D eigenvalue weighted by atomic mass is 10.1. The Morgan fingerprint density at radius 1 is 1.28 bits per heavy atom. The van der Waals surface area contributed by atoms with E-state index in [4.69, 9.17) is 9.47 Å². The number of ether oxygens (including phenoxy) is 2. The number of benzene rings is 1. The number of nitrogens with zero attached hydrogens (tertiary/aromatic N) is 2. The number of carbonyl (C=O) groups is 1. The van der Waals surface area contributed by atoms with Crippen molar-refractivity contribution >= 4 is 11.6 Å². The minimum Gasteiger partial charge on any atom is -0.489 e. The maximum Gasteiger partial charge on any atom is 0.217 e. The number of nitrogens with one attached hydrogen (secondary N) is 1. The first kappa shape index (κ1) is 21.0. The van der Waals surface area contributed by atoms with Crippen molar-refractivity contribution in [2.75, 3.05) is 24.6 Å². The van der Waals surface area contributed by atoms with Gasteiger partial charge >= 0.3 is 0 Å². The number of amides is 1. The van der Waals surface area contributed by atoms with Gasteiger partial charge in [-0.15, -0.1) is 0 Å². The Morgan fingerprint density at radius 2 is 2.03 bits per heavy atom. The summed E-state index contributed by atoms with van der Waals surface area (Å²) in [5.74, 6) is 1.51. The molecule has 0 aliphatic carbocycles. The van der Waals surface area contributed by atoms with Crippen LogP contribution in [0.15, 0.2) is 36.4 Å². The van der Waals surface area contributed by atoms with Crippen LogP contribution in [-0.2, 0) is 4.79 Å². The van der Waals surface area contributed by atoms with Crippen molar-refractivity contribution in [2.24, 2.45) is 0 Å². The van der Waals surface area contributed by atoms with Crippen molar-refractivity contribution in [3.8, 4) is 11.6 Å². The van der Waals surface area contributed by atoms with Crippen LogP contribution in [0.25, 0.3) is 0 Å². The quantitative estimate of drug-likeness (QED) is 0.728. The van der Waals surface area contributed by atoms with E-state index >= 15 is 0 Å². The predicted molar refractivity (Wildman–Crippen MR) is 115 cm³/mol. The molecule has 156 valence electrons. The van der Waals surface area contributed by atoms with Gasteiger partial charge in [0, 0.05) is 26.0 Å². The second-order valence-electron chi connectivity index (χ2n) is 7.57. The molecule has 1 unspecified atom stereocenters. The highest BCUT2D eigenvalue weighted by Gasteiger charge is 2.25. The molecule has 0 spiro atoms. The third-order valence-corrected chi connectivity index (χ3v) is 5.07. The zero-order valence-corrected chi connectivity index (χ0v) is 17.8. The van der Waals surface area contributed by atoms with Gasteiger partial charge in [-0.2, -0.15) is 0 Å². The maximum atomic E-state index is 11.2. The second kappa shape index (κ2) is 9.63. The molecule has 2 atom stereocenters. The fourth-order valence-corrected chi connectivity index (χ4v) is 3.61. The highest BCUT2D eigenvalue weighted by molar-refractivity contribution is 5.73. The average molecular weight is 398 g/mol. The zero-order valence-electron chi connectivity index (χ0n) is 17.8. The average Bonchev–Trinajstić information content (AvgIpc) is 3.14. The van der Waals surface area contributed by atoms with Gasteiger partial charge in [-0.1, -0.05) is 19.1 Å². The number of hydrogen-bond acceptors (Lipinski definition) is 5. The van der Waals surface area contributed by atoms with E-state index in [9.17, 15) is 4.79 Å². The summed E-state index contributed by atoms with van der Waals surface area (Å²) < 4.78 is 11.8. The third kappa shape index (κ3) is 5.62. The summed E-state index contributed by atoms with van der Waals surface area (Å²) in [6.07, 6.45) is 2.09. The van der Waals surface area contributed by atoms with Gasteiger partial charge in [0.2, 0.25) is 11.8 Å². The molecule has 3 rings (SSSR count). The standard InChI is InChI=1S/C23H31N3O3/c1-5-14-28-23-11-10-22(17(3)25-23)26-13-12-21(15-26)29-20-8-6-19(7-9-20)16(2)24-18(4)27/h6-11,16,21H,5,12-15H2,1-4H3,(H,24,27)/t16-,21?/m0/s1. The molecule has 6 nitrogen and oxygen atoms in total. The van der Waals surface area contributed by atoms with Crippen LogP contribution in [0.5, 0.6) is 11.6 Å². The van der Waals surface area contributed by atoms with E-state index in [1.807, 2.05) is 44.2 Å². The van der Waals surface area contributed by atoms with Gasteiger partial charge in [-0.05, 0) is 44.0 Å².